The smallest absolute Gasteiger partial charge is 0.324 e. The number of nitrogens with zero attached hydrogens (tertiary/aromatic N) is 5. The number of amides is 2. The summed E-state index contributed by atoms with van der Waals surface area (Å²) < 4.78 is 2.04. The quantitative estimate of drug-likeness (QED) is 0.793. The number of aromatic nitrogens is 2. The minimum atomic E-state index is 0.0992. The van der Waals surface area contributed by atoms with Crippen LogP contribution in [0.1, 0.15) is 32.1 Å². The average molecular weight is 382 g/mol. The van der Waals surface area contributed by atoms with Crippen LogP contribution in [0.5, 0.6) is 0 Å². The van der Waals surface area contributed by atoms with Crippen molar-refractivity contribution in [2.75, 3.05) is 44.7 Å². The molecule has 4 rings (SSSR count). The van der Waals surface area contributed by atoms with Crippen LogP contribution in [0.2, 0.25) is 0 Å². The Morgan fingerprint density at radius 3 is 2.32 bits per heavy atom. The first-order valence-corrected chi connectivity index (χ1v) is 10.6. The minimum absolute atomic E-state index is 0.0992. The van der Waals surface area contributed by atoms with Crippen molar-refractivity contribution in [2.24, 2.45) is 0 Å². The number of carbonyl (C=O) groups excluding carboxylic acids is 1. The number of piperidine rings is 1. The fraction of sp³-hybridized carbons (Fsp3) is 0.545. The van der Waals surface area contributed by atoms with E-state index in [2.05, 4.69) is 28.3 Å². The lowest BCUT2D eigenvalue weighted by atomic mass is 10.1. The number of urea groups is 1. The van der Waals surface area contributed by atoms with Gasteiger partial charge in [0.25, 0.3) is 0 Å². The summed E-state index contributed by atoms with van der Waals surface area (Å²) in [4.78, 5) is 18.9. The molecular formula is C22H31N5O. The van der Waals surface area contributed by atoms with Gasteiger partial charge in [-0.05, 0) is 62.9 Å². The van der Waals surface area contributed by atoms with Crippen molar-refractivity contribution in [1.29, 1.82) is 0 Å². The lowest BCUT2D eigenvalue weighted by molar-refractivity contribution is 0.194. The lowest BCUT2D eigenvalue weighted by Crippen LogP contribution is -2.43. The van der Waals surface area contributed by atoms with Crippen molar-refractivity contribution in [3.05, 3.63) is 36.7 Å². The minimum Gasteiger partial charge on any atom is -0.324 e. The van der Waals surface area contributed by atoms with Crippen LogP contribution in [0.15, 0.2) is 36.7 Å². The van der Waals surface area contributed by atoms with E-state index in [1.807, 2.05) is 35.0 Å². The van der Waals surface area contributed by atoms with Gasteiger partial charge in [-0.1, -0.05) is 12.1 Å². The maximum absolute atomic E-state index is 12.7. The van der Waals surface area contributed by atoms with E-state index < -0.39 is 0 Å². The Balaban J connectivity index is 1.36. The number of benzene rings is 1. The van der Waals surface area contributed by atoms with E-state index in [9.17, 15) is 4.79 Å². The van der Waals surface area contributed by atoms with Gasteiger partial charge in [-0.15, -0.1) is 0 Å². The van der Waals surface area contributed by atoms with E-state index in [1.54, 1.807) is 4.90 Å². The SMILES string of the molecule is CN(C(=O)N1CCCCC1)c1ccc(-c2cnn(CCN3CCCC3)c2)cc1. The molecule has 1 aromatic heterocycles. The molecule has 2 aliphatic rings. The first kappa shape index (κ1) is 19.0. The summed E-state index contributed by atoms with van der Waals surface area (Å²) in [6, 6.07) is 8.31. The van der Waals surface area contributed by atoms with Crippen LogP contribution in [-0.4, -0.2) is 65.4 Å². The van der Waals surface area contributed by atoms with E-state index in [0.717, 1.165) is 55.8 Å². The van der Waals surface area contributed by atoms with Gasteiger partial charge in [-0.2, -0.15) is 5.10 Å². The number of hydrogen-bond donors (Lipinski definition) is 0. The standard InChI is InChI=1S/C22H31N5O/c1-24(22(28)26-13-3-2-4-14-26)21-9-7-19(8-10-21)20-17-23-27(18-20)16-15-25-11-5-6-12-25/h7-10,17-18H,2-6,11-16H2,1H3. The monoisotopic (exact) mass is 381 g/mol. The molecule has 3 heterocycles. The molecule has 2 saturated heterocycles. The van der Waals surface area contributed by atoms with Crippen molar-refractivity contribution in [3.8, 4) is 11.1 Å². The van der Waals surface area contributed by atoms with Crippen molar-refractivity contribution in [3.63, 3.8) is 0 Å². The molecule has 0 atom stereocenters. The molecule has 2 amide bonds. The predicted molar refractivity (Wildman–Crippen MR) is 113 cm³/mol. The summed E-state index contributed by atoms with van der Waals surface area (Å²) in [6.45, 7) is 6.20. The van der Waals surface area contributed by atoms with Crippen LogP contribution in [-0.2, 0) is 6.54 Å². The maximum atomic E-state index is 12.7. The summed E-state index contributed by atoms with van der Waals surface area (Å²) in [7, 11) is 1.86. The molecule has 0 aliphatic carbocycles. The van der Waals surface area contributed by atoms with Crippen molar-refractivity contribution in [1.82, 2.24) is 19.6 Å². The highest BCUT2D eigenvalue weighted by molar-refractivity contribution is 5.91. The molecule has 0 bridgehead atoms. The second kappa shape index (κ2) is 8.78. The van der Waals surface area contributed by atoms with Crippen LogP contribution in [0.3, 0.4) is 0 Å². The second-order valence-electron chi connectivity index (χ2n) is 7.98. The van der Waals surface area contributed by atoms with Crippen molar-refractivity contribution < 1.29 is 4.79 Å². The molecule has 0 spiro atoms. The number of anilines is 1. The van der Waals surface area contributed by atoms with Gasteiger partial charge in [-0.25, -0.2) is 4.79 Å². The summed E-state index contributed by atoms with van der Waals surface area (Å²) in [5.74, 6) is 0. The highest BCUT2D eigenvalue weighted by Crippen LogP contribution is 2.23. The largest absolute Gasteiger partial charge is 0.324 e. The first-order valence-electron chi connectivity index (χ1n) is 10.6. The topological polar surface area (TPSA) is 44.6 Å². The number of rotatable bonds is 5. The molecule has 28 heavy (non-hydrogen) atoms. The van der Waals surface area contributed by atoms with Crippen LogP contribution in [0.25, 0.3) is 11.1 Å². The molecule has 6 heteroatoms. The van der Waals surface area contributed by atoms with E-state index in [4.69, 9.17) is 0 Å². The Kier molecular flexibility index (Phi) is 5.95. The average Bonchev–Trinajstić information content (AvgIpc) is 3.44. The Bertz CT molecular complexity index is 772. The molecule has 1 aromatic carbocycles. The third kappa shape index (κ3) is 4.38. The maximum Gasteiger partial charge on any atom is 0.324 e. The Morgan fingerprint density at radius 2 is 1.61 bits per heavy atom. The fourth-order valence-corrected chi connectivity index (χ4v) is 4.17. The van der Waals surface area contributed by atoms with Crippen molar-refractivity contribution in [2.45, 2.75) is 38.6 Å². The lowest BCUT2D eigenvalue weighted by Gasteiger charge is -2.31. The highest BCUT2D eigenvalue weighted by Gasteiger charge is 2.21. The van der Waals surface area contributed by atoms with Gasteiger partial charge >= 0.3 is 6.03 Å². The summed E-state index contributed by atoms with van der Waals surface area (Å²) >= 11 is 0. The molecular weight excluding hydrogens is 350 g/mol. The fourth-order valence-electron chi connectivity index (χ4n) is 4.17. The third-order valence-corrected chi connectivity index (χ3v) is 5.98. The van der Waals surface area contributed by atoms with E-state index in [0.29, 0.717) is 0 Å². The first-order chi connectivity index (χ1) is 13.7. The van der Waals surface area contributed by atoms with Gasteiger partial charge in [0.05, 0.1) is 12.7 Å². The van der Waals surface area contributed by atoms with Gasteiger partial charge in [0.2, 0.25) is 0 Å². The van der Waals surface area contributed by atoms with Gasteiger partial charge in [0, 0.05) is 44.1 Å². The normalized spacial score (nSPS) is 17.8. The third-order valence-electron chi connectivity index (χ3n) is 5.98. The number of carbonyl (C=O) groups is 1. The van der Waals surface area contributed by atoms with Crippen LogP contribution < -0.4 is 4.90 Å². The predicted octanol–water partition coefficient (Wildman–Crippen LogP) is 3.69. The molecule has 150 valence electrons. The summed E-state index contributed by atoms with van der Waals surface area (Å²) in [5, 5.41) is 4.52. The van der Waals surface area contributed by atoms with Gasteiger partial charge in [-0.3, -0.25) is 9.58 Å². The summed E-state index contributed by atoms with van der Waals surface area (Å²) in [6.07, 6.45) is 10.2. The second-order valence-corrected chi connectivity index (χ2v) is 7.98. The van der Waals surface area contributed by atoms with Gasteiger partial charge in [0.1, 0.15) is 0 Å². The van der Waals surface area contributed by atoms with Crippen molar-refractivity contribution >= 4 is 11.7 Å². The Labute approximate surface area is 167 Å². The Hall–Kier alpha value is -2.34. The number of likely N-dealkylation sites (tertiary alicyclic amines) is 2. The van der Waals surface area contributed by atoms with E-state index in [-0.39, 0.29) is 6.03 Å². The molecule has 0 unspecified atom stereocenters. The van der Waals surface area contributed by atoms with Crippen LogP contribution in [0, 0.1) is 0 Å². The molecule has 0 saturated carbocycles. The summed E-state index contributed by atoms with van der Waals surface area (Å²) in [5.41, 5.74) is 3.19. The van der Waals surface area contributed by atoms with Gasteiger partial charge in [0.15, 0.2) is 0 Å². The molecule has 2 aliphatic heterocycles. The molecule has 6 nitrogen and oxygen atoms in total. The van der Waals surface area contributed by atoms with Crippen LogP contribution >= 0.6 is 0 Å². The molecule has 2 fully saturated rings. The Morgan fingerprint density at radius 1 is 0.929 bits per heavy atom. The molecule has 0 radical (unpaired) electrons. The zero-order chi connectivity index (χ0) is 19.3. The number of hydrogen-bond acceptors (Lipinski definition) is 3. The van der Waals surface area contributed by atoms with E-state index >= 15 is 0 Å². The molecule has 2 aromatic rings. The van der Waals surface area contributed by atoms with E-state index in [1.165, 1.54) is 32.4 Å². The van der Waals surface area contributed by atoms with Crippen LogP contribution in [0.4, 0.5) is 10.5 Å². The zero-order valence-corrected chi connectivity index (χ0v) is 16.9. The zero-order valence-electron chi connectivity index (χ0n) is 16.9. The van der Waals surface area contributed by atoms with Gasteiger partial charge < -0.3 is 9.80 Å². The molecule has 0 N–H and O–H groups in total. The highest BCUT2D eigenvalue weighted by atomic mass is 16.2.